The molecule has 31 heteroatoms. The van der Waals surface area contributed by atoms with Crippen molar-refractivity contribution in [2.75, 3.05) is 18.9 Å². The Morgan fingerprint density at radius 3 is 2.06 bits per heavy atom. The number of aromatic nitrogens is 4. The minimum Gasteiger partial charge on any atom is -0.790 e. The van der Waals surface area contributed by atoms with Gasteiger partial charge >= 0.3 is 118 Å². The molecule has 0 aromatic carbocycles. The molecule has 0 radical (unpaired) electrons. The number of nitrogens with two attached hydrogens (primary N) is 2. The van der Waals surface area contributed by atoms with E-state index in [4.69, 9.17) is 20.9 Å². The first-order valence-corrected chi connectivity index (χ1v) is 17.8. The topological polar surface area (TPSA) is 375 Å². The summed E-state index contributed by atoms with van der Waals surface area (Å²) >= 11 is 0. The number of phosphoric acid groups is 3. The van der Waals surface area contributed by atoms with Gasteiger partial charge in [0.05, 0.1) is 27.4 Å². The molecule has 0 saturated carbocycles. The van der Waals surface area contributed by atoms with Crippen LogP contribution >= 0.6 is 23.5 Å². The first kappa shape index (κ1) is 51.3. The molecule has 24 nitrogen and oxygen atoms in total. The number of amides is 1. The fraction of sp³-hybridized carbons (Fsp3) is 0.524. The maximum atomic E-state index is 12.4. The molecule has 2 unspecified atom stereocenters. The number of carbonyl (C=O) groups is 1. The molecule has 0 bridgehead atoms. The van der Waals surface area contributed by atoms with Crippen LogP contribution in [-0.4, -0.2) is 102 Å². The third-order valence-corrected chi connectivity index (χ3v) is 10.1. The number of primary amides is 1. The summed E-state index contributed by atoms with van der Waals surface area (Å²) in [6.45, 7) is -2.26. The summed E-state index contributed by atoms with van der Waals surface area (Å²) in [6, 6.07) is 0. The molecule has 0 aliphatic carbocycles. The summed E-state index contributed by atoms with van der Waals surface area (Å²) in [7, 11) is -17.4. The monoisotopic (exact) mass is 833 g/mol. The molecule has 3 aliphatic rings. The van der Waals surface area contributed by atoms with Gasteiger partial charge in [-0.05, 0) is 6.42 Å². The van der Waals surface area contributed by atoms with E-state index in [2.05, 4.69) is 32.8 Å². The quantitative estimate of drug-likeness (QED) is 0.0924. The molecule has 2 aromatic heterocycles. The molecule has 2 saturated heterocycles. The minimum absolute atomic E-state index is 0. The molecule has 3 aliphatic heterocycles. The van der Waals surface area contributed by atoms with Crippen LogP contribution in [0.4, 0.5) is 5.82 Å². The summed E-state index contributed by atoms with van der Waals surface area (Å²) in [6.07, 6.45) is -7.38. The number of nitrogen functional groups attached to an aromatic ring is 1. The molecule has 52 heavy (non-hydrogen) atoms. The Bertz CT molecular complexity index is 1760. The molecular weight excluding hydrogens is 807 g/mol. The van der Waals surface area contributed by atoms with E-state index in [-0.39, 0.29) is 147 Å². The second-order valence-electron chi connectivity index (χ2n) is 10.3. The first-order valence-electron chi connectivity index (χ1n) is 13.4. The Morgan fingerprint density at radius 1 is 0.904 bits per heavy atom. The predicted molar refractivity (Wildman–Crippen MR) is 144 cm³/mol. The Kier molecular flexibility index (Phi) is 20.5. The van der Waals surface area contributed by atoms with Gasteiger partial charge in [0.1, 0.15) is 48.5 Å². The zero-order chi connectivity index (χ0) is 35.2. The Balaban J connectivity index is 0.00000338. The number of nitrogens with zero attached hydrogens (tertiary/aromatic N) is 5. The van der Waals surface area contributed by atoms with Gasteiger partial charge in [-0.1, -0.05) is 6.08 Å². The van der Waals surface area contributed by atoms with Crippen LogP contribution in [0.1, 0.15) is 12.6 Å². The van der Waals surface area contributed by atoms with Crippen LogP contribution in [0.2, 0.25) is 0 Å². The van der Waals surface area contributed by atoms with Gasteiger partial charge in [0, 0.05) is 18.0 Å². The molecule has 5 heterocycles. The van der Waals surface area contributed by atoms with Gasteiger partial charge in [-0.15, -0.1) is 0 Å². The van der Waals surface area contributed by atoms with Crippen LogP contribution < -0.4 is 149 Å². The van der Waals surface area contributed by atoms with E-state index < -0.39 is 91.7 Å². The van der Waals surface area contributed by atoms with Crippen LogP contribution in [0.15, 0.2) is 36.7 Å². The largest absolute Gasteiger partial charge is 1.00 e. The maximum Gasteiger partial charge on any atom is 1.00 e. The van der Waals surface area contributed by atoms with E-state index in [9.17, 15) is 53.4 Å². The second-order valence-corrected chi connectivity index (χ2v) is 14.4. The van der Waals surface area contributed by atoms with Gasteiger partial charge < -0.3 is 78.9 Å². The SMILES string of the molecule is NC(=O)C1=CN([C@@H]2O[C@H](COP(=O)([O-])OP(=O)([O-])OC[C@H]3O[C@@H](n4cnc5c(N)ncnc54)[C@H](OP(=O)([O-])[O-])[C@@H]3O)[C@@H](O)[C@H]2O)C=CC1.[Na+].[Na+].[Na+].[Na+]. The van der Waals surface area contributed by atoms with Crippen molar-refractivity contribution in [1.82, 2.24) is 24.4 Å². The third kappa shape index (κ3) is 12.6. The average Bonchev–Trinajstić information content (AvgIpc) is 3.64. The van der Waals surface area contributed by atoms with Gasteiger partial charge in [-0.25, -0.2) is 19.3 Å². The summed E-state index contributed by atoms with van der Waals surface area (Å²) in [4.78, 5) is 71.8. The standard InChI is InChI=1S/C21H30N7O17P3.4Na/c22-17-12-19(25-7-24-17)28(8-26-12)21-16(44-46(33,34)35)14(30)11(43-21)6-41-48(38,39)45-47(36,37)40-5-10-13(29)15(31)20(42-10)27-3-1-2-9(4-27)18(23)32;;;;/h1,3-4,7-8,10-11,13-16,20-21,29-31H,2,5-6H2,(H2,23,32)(H,36,37)(H,38,39)(H2,22,24,25)(H2,33,34,35);;;;/q;4*+1/p-4/t10-,11-,13-,14-,15-,16-,20-,21-;;;;/m1..../s1. The van der Waals surface area contributed by atoms with Crippen molar-refractivity contribution in [1.29, 1.82) is 0 Å². The number of allylic oxidation sites excluding steroid dienone is 1. The van der Waals surface area contributed by atoms with Crippen molar-refractivity contribution in [2.45, 2.75) is 55.5 Å². The van der Waals surface area contributed by atoms with E-state index in [1.807, 2.05) is 0 Å². The summed E-state index contributed by atoms with van der Waals surface area (Å²) in [5.41, 5.74) is 11.1. The minimum atomic E-state index is -5.86. The molecule has 1 amide bonds. The number of hydrogen-bond donors (Lipinski definition) is 5. The molecule has 266 valence electrons. The smallest absolute Gasteiger partial charge is 0.790 e. The van der Waals surface area contributed by atoms with Crippen molar-refractivity contribution in [3.8, 4) is 0 Å². The zero-order valence-corrected chi connectivity index (χ0v) is 38.6. The Labute approximate surface area is 382 Å². The van der Waals surface area contributed by atoms with E-state index >= 15 is 0 Å². The predicted octanol–water partition coefficient (Wildman–Crippen LogP) is -17.1. The van der Waals surface area contributed by atoms with Crippen molar-refractivity contribution in [3.05, 3.63) is 36.7 Å². The molecule has 0 spiro atoms. The van der Waals surface area contributed by atoms with Crippen LogP contribution in [0, 0.1) is 0 Å². The molecular formula is C21H26N7Na4O17P3. The number of imidazole rings is 1. The van der Waals surface area contributed by atoms with Gasteiger partial charge in [0.2, 0.25) is 5.91 Å². The number of rotatable bonds is 13. The Morgan fingerprint density at radius 2 is 1.48 bits per heavy atom. The number of phosphoric ester groups is 3. The van der Waals surface area contributed by atoms with E-state index in [1.165, 1.54) is 23.4 Å². The molecule has 5 rings (SSSR count). The summed E-state index contributed by atoms with van der Waals surface area (Å²) in [5, 5.41) is 31.4. The van der Waals surface area contributed by atoms with Crippen molar-refractivity contribution in [3.63, 3.8) is 0 Å². The number of anilines is 1. The average molecular weight is 833 g/mol. The number of carbonyl (C=O) groups excluding carboxylic acids is 1. The van der Waals surface area contributed by atoms with Gasteiger partial charge in [-0.2, -0.15) is 0 Å². The van der Waals surface area contributed by atoms with Gasteiger partial charge in [0.25, 0.3) is 15.6 Å². The number of aliphatic hydroxyl groups is 3. The number of aliphatic hydroxyl groups excluding tert-OH is 3. The van der Waals surface area contributed by atoms with E-state index in [0.29, 0.717) is 0 Å². The summed E-state index contributed by atoms with van der Waals surface area (Å²) < 4.78 is 65.6. The Hall–Kier alpha value is 1.27. The van der Waals surface area contributed by atoms with Crippen LogP contribution in [0.3, 0.4) is 0 Å². The molecule has 7 N–H and O–H groups in total. The van der Waals surface area contributed by atoms with Crippen LogP contribution in [0.5, 0.6) is 0 Å². The molecule has 2 aromatic rings. The fourth-order valence-electron chi connectivity index (χ4n) is 4.91. The molecule has 10 atom stereocenters. The maximum absolute atomic E-state index is 12.4. The van der Waals surface area contributed by atoms with E-state index in [0.717, 1.165) is 17.2 Å². The van der Waals surface area contributed by atoms with Crippen molar-refractivity contribution >= 4 is 46.4 Å². The first-order chi connectivity index (χ1) is 22.4. The van der Waals surface area contributed by atoms with Crippen molar-refractivity contribution < 1.29 is 199 Å². The number of ether oxygens (including phenoxy) is 2. The van der Waals surface area contributed by atoms with E-state index in [1.54, 1.807) is 0 Å². The van der Waals surface area contributed by atoms with Crippen LogP contribution in [0.25, 0.3) is 11.2 Å². The number of hydrogen-bond acceptors (Lipinski definition) is 22. The second kappa shape index (κ2) is 20.8. The van der Waals surface area contributed by atoms with Gasteiger partial charge in [-0.3, -0.25) is 18.5 Å². The zero-order valence-electron chi connectivity index (χ0n) is 27.9. The molecule has 2 fully saturated rings. The normalized spacial score (nSPS) is 29.4. The summed E-state index contributed by atoms with van der Waals surface area (Å²) in [5.74, 6) is -0.849. The van der Waals surface area contributed by atoms with Gasteiger partial charge in [0.15, 0.2) is 23.9 Å². The third-order valence-electron chi connectivity index (χ3n) is 7.09. The van der Waals surface area contributed by atoms with Crippen molar-refractivity contribution in [2.24, 2.45) is 5.73 Å². The van der Waals surface area contributed by atoms with Crippen LogP contribution in [-0.2, 0) is 45.8 Å². The fourth-order valence-corrected chi connectivity index (χ4v) is 7.45. The number of fused-ring (bicyclic) bond motifs is 1.